The second-order valence-electron chi connectivity index (χ2n) is 5.88. The van der Waals surface area contributed by atoms with Gasteiger partial charge in [0.05, 0.1) is 0 Å². The van der Waals surface area contributed by atoms with Crippen LogP contribution in [0.25, 0.3) is 0 Å². The van der Waals surface area contributed by atoms with E-state index in [1.54, 1.807) is 6.07 Å². The van der Waals surface area contributed by atoms with Gasteiger partial charge in [-0.2, -0.15) is 0 Å². The van der Waals surface area contributed by atoms with Crippen LogP contribution in [0.4, 0.5) is 0 Å². The number of carboxylic acids is 1. The molecule has 118 valence electrons. The number of carboxylic acid groups (broad SMARTS) is 1. The van der Waals surface area contributed by atoms with Gasteiger partial charge in [0.15, 0.2) is 0 Å². The molecule has 5 nitrogen and oxygen atoms in total. The highest BCUT2D eigenvalue weighted by atomic mass is 16.4. The quantitative estimate of drug-likeness (QED) is 0.946. The SMILES string of the molecule is CC1CC(c2ccccc2)CN1C(=O)c1ccnc(C(=O)O)c1. The summed E-state index contributed by atoms with van der Waals surface area (Å²) in [6.07, 6.45) is 2.28. The normalized spacial score (nSPS) is 20.5. The van der Waals surface area contributed by atoms with Crippen LogP contribution in [0.15, 0.2) is 48.7 Å². The molecule has 3 rings (SSSR count). The van der Waals surface area contributed by atoms with Crippen molar-refractivity contribution in [2.45, 2.75) is 25.3 Å². The number of rotatable bonds is 3. The van der Waals surface area contributed by atoms with Crippen molar-refractivity contribution < 1.29 is 14.7 Å². The Kier molecular flexibility index (Phi) is 4.10. The second-order valence-corrected chi connectivity index (χ2v) is 5.88. The Labute approximate surface area is 134 Å². The molecule has 1 aromatic heterocycles. The molecule has 0 aliphatic carbocycles. The molecule has 23 heavy (non-hydrogen) atoms. The molecule has 0 saturated carbocycles. The van der Waals surface area contributed by atoms with E-state index in [1.165, 1.54) is 17.8 Å². The third-order valence-corrected chi connectivity index (χ3v) is 4.33. The van der Waals surface area contributed by atoms with Crippen LogP contribution < -0.4 is 0 Å². The van der Waals surface area contributed by atoms with Crippen molar-refractivity contribution >= 4 is 11.9 Å². The first-order valence-electron chi connectivity index (χ1n) is 7.61. The highest BCUT2D eigenvalue weighted by Gasteiger charge is 2.33. The largest absolute Gasteiger partial charge is 0.477 e. The number of hydrogen-bond acceptors (Lipinski definition) is 3. The van der Waals surface area contributed by atoms with Gasteiger partial charge in [0, 0.05) is 30.3 Å². The Morgan fingerprint density at radius 1 is 1.22 bits per heavy atom. The number of amides is 1. The molecule has 2 heterocycles. The first-order chi connectivity index (χ1) is 11.1. The molecule has 1 amide bonds. The maximum Gasteiger partial charge on any atom is 0.354 e. The van der Waals surface area contributed by atoms with E-state index < -0.39 is 5.97 Å². The van der Waals surface area contributed by atoms with E-state index in [9.17, 15) is 9.59 Å². The minimum Gasteiger partial charge on any atom is -0.477 e. The van der Waals surface area contributed by atoms with E-state index in [4.69, 9.17) is 5.11 Å². The van der Waals surface area contributed by atoms with Crippen LogP contribution in [-0.2, 0) is 0 Å². The maximum absolute atomic E-state index is 12.7. The maximum atomic E-state index is 12.7. The van der Waals surface area contributed by atoms with Gasteiger partial charge in [-0.3, -0.25) is 4.79 Å². The second kappa shape index (κ2) is 6.20. The average molecular weight is 310 g/mol. The van der Waals surface area contributed by atoms with Crippen molar-refractivity contribution in [1.82, 2.24) is 9.88 Å². The number of nitrogens with zero attached hydrogens (tertiary/aromatic N) is 2. The lowest BCUT2D eigenvalue weighted by Gasteiger charge is -2.21. The summed E-state index contributed by atoms with van der Waals surface area (Å²) < 4.78 is 0. The topological polar surface area (TPSA) is 70.5 Å². The lowest BCUT2D eigenvalue weighted by atomic mass is 9.97. The van der Waals surface area contributed by atoms with E-state index in [-0.39, 0.29) is 17.6 Å². The molecule has 2 unspecified atom stereocenters. The Hall–Kier alpha value is -2.69. The van der Waals surface area contributed by atoms with Crippen LogP contribution in [0.2, 0.25) is 0 Å². The van der Waals surface area contributed by atoms with Crippen LogP contribution in [0.3, 0.4) is 0 Å². The molecule has 5 heteroatoms. The fourth-order valence-electron chi connectivity index (χ4n) is 3.13. The fourth-order valence-corrected chi connectivity index (χ4v) is 3.13. The molecule has 2 aromatic rings. The molecular formula is C18H18N2O3. The van der Waals surface area contributed by atoms with Gasteiger partial charge in [0.2, 0.25) is 0 Å². The highest BCUT2D eigenvalue weighted by molar-refractivity contribution is 5.97. The smallest absolute Gasteiger partial charge is 0.354 e. The molecule has 1 aliphatic heterocycles. The summed E-state index contributed by atoms with van der Waals surface area (Å²) in [4.78, 5) is 29.3. The van der Waals surface area contributed by atoms with Gasteiger partial charge >= 0.3 is 5.97 Å². The summed E-state index contributed by atoms with van der Waals surface area (Å²) in [6, 6.07) is 13.2. The Bertz CT molecular complexity index is 730. The highest BCUT2D eigenvalue weighted by Crippen LogP contribution is 2.32. The summed E-state index contributed by atoms with van der Waals surface area (Å²) in [7, 11) is 0. The van der Waals surface area contributed by atoms with E-state index in [0.717, 1.165) is 6.42 Å². The summed E-state index contributed by atoms with van der Waals surface area (Å²) in [5, 5.41) is 9.01. The molecule has 1 aromatic carbocycles. The Balaban J connectivity index is 1.80. The third kappa shape index (κ3) is 3.08. The van der Waals surface area contributed by atoms with Crippen LogP contribution >= 0.6 is 0 Å². The minimum absolute atomic E-state index is 0.109. The Morgan fingerprint density at radius 3 is 2.65 bits per heavy atom. The molecule has 1 fully saturated rings. The van der Waals surface area contributed by atoms with E-state index >= 15 is 0 Å². The molecule has 1 aliphatic rings. The lowest BCUT2D eigenvalue weighted by Crippen LogP contribution is -2.34. The average Bonchev–Trinajstić information content (AvgIpc) is 2.97. The summed E-state index contributed by atoms with van der Waals surface area (Å²) in [6.45, 7) is 2.68. The number of likely N-dealkylation sites (tertiary alicyclic amines) is 1. The summed E-state index contributed by atoms with van der Waals surface area (Å²) in [5.41, 5.74) is 1.50. The zero-order valence-corrected chi connectivity index (χ0v) is 12.8. The number of aromatic nitrogens is 1. The van der Waals surface area contributed by atoms with E-state index in [0.29, 0.717) is 18.0 Å². The van der Waals surface area contributed by atoms with Gasteiger partial charge in [-0.15, -0.1) is 0 Å². The van der Waals surface area contributed by atoms with Crippen molar-refractivity contribution in [3.63, 3.8) is 0 Å². The predicted octanol–water partition coefficient (Wildman–Crippen LogP) is 2.80. The first-order valence-corrected chi connectivity index (χ1v) is 7.61. The number of aromatic carboxylic acids is 1. The van der Waals surface area contributed by atoms with E-state index in [1.807, 2.05) is 30.0 Å². The molecule has 2 atom stereocenters. The van der Waals surface area contributed by atoms with Crippen molar-refractivity contribution in [3.05, 3.63) is 65.5 Å². The predicted molar refractivity (Wildman–Crippen MR) is 85.5 cm³/mol. The van der Waals surface area contributed by atoms with Crippen molar-refractivity contribution in [3.8, 4) is 0 Å². The van der Waals surface area contributed by atoms with E-state index in [2.05, 4.69) is 17.1 Å². The van der Waals surface area contributed by atoms with Crippen molar-refractivity contribution in [1.29, 1.82) is 0 Å². The standard InChI is InChI=1S/C18H18N2O3/c1-12-9-15(13-5-3-2-4-6-13)11-20(12)17(21)14-7-8-19-16(10-14)18(22)23/h2-8,10,12,15H,9,11H2,1H3,(H,22,23). The lowest BCUT2D eigenvalue weighted by molar-refractivity contribution is 0.0690. The number of carbonyl (C=O) groups excluding carboxylic acids is 1. The van der Waals surface area contributed by atoms with Gasteiger partial charge < -0.3 is 10.0 Å². The van der Waals surface area contributed by atoms with Gasteiger partial charge in [0.25, 0.3) is 5.91 Å². The van der Waals surface area contributed by atoms with Gasteiger partial charge in [-0.1, -0.05) is 30.3 Å². The van der Waals surface area contributed by atoms with Gasteiger partial charge in [0.1, 0.15) is 5.69 Å². The number of hydrogen-bond donors (Lipinski definition) is 1. The number of benzene rings is 1. The van der Waals surface area contributed by atoms with Crippen LogP contribution in [0, 0.1) is 0 Å². The molecule has 0 spiro atoms. The van der Waals surface area contributed by atoms with Crippen molar-refractivity contribution in [2.75, 3.05) is 6.54 Å². The summed E-state index contributed by atoms with van der Waals surface area (Å²) in [5.74, 6) is -0.951. The zero-order valence-electron chi connectivity index (χ0n) is 12.8. The Morgan fingerprint density at radius 2 is 1.96 bits per heavy atom. The molecule has 1 saturated heterocycles. The van der Waals surface area contributed by atoms with Crippen LogP contribution in [0.1, 0.15) is 45.7 Å². The monoisotopic (exact) mass is 310 g/mol. The third-order valence-electron chi connectivity index (χ3n) is 4.33. The minimum atomic E-state index is -1.13. The first kappa shape index (κ1) is 15.2. The zero-order chi connectivity index (χ0) is 16.4. The van der Waals surface area contributed by atoms with Crippen LogP contribution in [-0.4, -0.2) is 39.5 Å². The number of carbonyl (C=O) groups is 2. The van der Waals surface area contributed by atoms with Crippen LogP contribution in [0.5, 0.6) is 0 Å². The fraction of sp³-hybridized carbons (Fsp3) is 0.278. The molecule has 0 bridgehead atoms. The molecule has 0 radical (unpaired) electrons. The van der Waals surface area contributed by atoms with Crippen molar-refractivity contribution in [2.24, 2.45) is 0 Å². The number of pyridine rings is 1. The van der Waals surface area contributed by atoms with Gasteiger partial charge in [-0.25, -0.2) is 9.78 Å². The van der Waals surface area contributed by atoms with Gasteiger partial charge in [-0.05, 0) is 31.0 Å². The molecular weight excluding hydrogens is 292 g/mol. The summed E-state index contributed by atoms with van der Waals surface area (Å²) >= 11 is 0. The molecule has 1 N–H and O–H groups in total.